The summed E-state index contributed by atoms with van der Waals surface area (Å²) in [6, 6.07) is 8.28. The number of unbranched alkanes of at least 4 members (excludes halogenated alkanes) is 1. The summed E-state index contributed by atoms with van der Waals surface area (Å²) in [7, 11) is 0. The average Bonchev–Trinajstić information content (AvgIpc) is 3.40. The van der Waals surface area contributed by atoms with Crippen molar-refractivity contribution in [2.24, 2.45) is 0 Å². The van der Waals surface area contributed by atoms with Gasteiger partial charge in [0.25, 0.3) is 0 Å². The normalized spacial score (nSPS) is 19.1. The molecule has 0 bridgehead atoms. The Labute approximate surface area is 166 Å². The molecule has 4 rings (SSSR count). The van der Waals surface area contributed by atoms with Crippen molar-refractivity contribution in [3.63, 3.8) is 0 Å². The highest BCUT2D eigenvalue weighted by atomic mass is 16.5. The number of benzene rings is 1. The van der Waals surface area contributed by atoms with E-state index in [-0.39, 0.29) is 11.4 Å². The number of aromatic nitrogens is 2. The summed E-state index contributed by atoms with van der Waals surface area (Å²) in [4.78, 5) is 19.1. The fourth-order valence-corrected chi connectivity index (χ4v) is 4.54. The largest absolute Gasteiger partial charge is 0.493 e. The number of hydrogen-bond donors (Lipinski definition) is 1. The van der Waals surface area contributed by atoms with Crippen LogP contribution in [-0.4, -0.2) is 45.6 Å². The Bertz CT molecular complexity index is 769. The summed E-state index contributed by atoms with van der Waals surface area (Å²) in [5, 5.41) is 3.09. The van der Waals surface area contributed by atoms with E-state index in [4.69, 9.17) is 4.74 Å². The molecular formula is C22H30N4O2. The molecule has 1 aromatic heterocycles. The maximum Gasteiger partial charge on any atom is 0.240 e. The van der Waals surface area contributed by atoms with E-state index < -0.39 is 0 Å². The molecule has 6 heteroatoms. The predicted molar refractivity (Wildman–Crippen MR) is 108 cm³/mol. The van der Waals surface area contributed by atoms with E-state index in [0.717, 1.165) is 70.5 Å². The SMILES string of the molecule is O=C1NCCN(Cc2ccccc2OCCCCn2ccnc2)C12CCCC2. The second-order valence-electron chi connectivity index (χ2n) is 7.88. The quantitative estimate of drug-likeness (QED) is 0.713. The summed E-state index contributed by atoms with van der Waals surface area (Å²) in [6.07, 6.45) is 11.9. The van der Waals surface area contributed by atoms with Crippen molar-refractivity contribution < 1.29 is 9.53 Å². The highest BCUT2D eigenvalue weighted by Gasteiger charge is 2.47. The average molecular weight is 383 g/mol. The summed E-state index contributed by atoms with van der Waals surface area (Å²) in [6.45, 7) is 4.09. The van der Waals surface area contributed by atoms with Gasteiger partial charge in [-0.2, -0.15) is 0 Å². The third-order valence-electron chi connectivity index (χ3n) is 6.09. The minimum absolute atomic E-state index is 0.217. The number of rotatable bonds is 8. The lowest BCUT2D eigenvalue weighted by Crippen LogP contribution is -2.63. The third-order valence-corrected chi connectivity index (χ3v) is 6.09. The fourth-order valence-electron chi connectivity index (χ4n) is 4.54. The van der Waals surface area contributed by atoms with Crippen LogP contribution in [0.5, 0.6) is 5.75 Å². The van der Waals surface area contributed by atoms with Gasteiger partial charge in [-0.05, 0) is 31.7 Å². The lowest BCUT2D eigenvalue weighted by Gasteiger charge is -2.43. The molecule has 1 N–H and O–H groups in total. The molecule has 2 aliphatic rings. The Morgan fingerprint density at radius 1 is 1.18 bits per heavy atom. The predicted octanol–water partition coefficient (Wildman–Crippen LogP) is 2.99. The number of para-hydroxylation sites is 1. The van der Waals surface area contributed by atoms with Crippen molar-refractivity contribution in [2.75, 3.05) is 19.7 Å². The van der Waals surface area contributed by atoms with Gasteiger partial charge in [-0.25, -0.2) is 4.98 Å². The molecule has 1 aliphatic carbocycles. The number of amides is 1. The maximum atomic E-state index is 12.7. The minimum atomic E-state index is -0.309. The molecule has 2 heterocycles. The summed E-state index contributed by atoms with van der Waals surface area (Å²) in [5.74, 6) is 1.17. The maximum absolute atomic E-state index is 12.7. The number of ether oxygens (including phenoxy) is 1. The van der Waals surface area contributed by atoms with E-state index in [1.807, 2.05) is 24.8 Å². The zero-order valence-corrected chi connectivity index (χ0v) is 16.5. The number of nitrogens with one attached hydrogen (secondary N) is 1. The third kappa shape index (κ3) is 4.07. The highest BCUT2D eigenvalue weighted by Crippen LogP contribution is 2.38. The molecule has 1 amide bonds. The van der Waals surface area contributed by atoms with E-state index in [9.17, 15) is 4.79 Å². The molecule has 0 radical (unpaired) electrons. The van der Waals surface area contributed by atoms with Gasteiger partial charge in [0, 0.05) is 44.1 Å². The molecule has 6 nitrogen and oxygen atoms in total. The second-order valence-corrected chi connectivity index (χ2v) is 7.88. The second kappa shape index (κ2) is 8.78. The highest BCUT2D eigenvalue weighted by molar-refractivity contribution is 5.87. The monoisotopic (exact) mass is 382 g/mol. The molecule has 1 aromatic carbocycles. The summed E-state index contributed by atoms with van der Waals surface area (Å²) >= 11 is 0. The first-order valence-corrected chi connectivity index (χ1v) is 10.5. The first-order chi connectivity index (χ1) is 13.8. The van der Waals surface area contributed by atoms with Gasteiger partial charge in [0.05, 0.1) is 12.9 Å². The molecule has 1 saturated carbocycles. The van der Waals surface area contributed by atoms with Crippen molar-refractivity contribution in [3.8, 4) is 5.75 Å². The zero-order valence-electron chi connectivity index (χ0n) is 16.5. The van der Waals surface area contributed by atoms with Gasteiger partial charge in [-0.3, -0.25) is 9.69 Å². The number of piperazine rings is 1. The Morgan fingerprint density at radius 2 is 2.04 bits per heavy atom. The molecule has 1 aliphatic heterocycles. The van der Waals surface area contributed by atoms with Gasteiger partial charge in [-0.1, -0.05) is 31.0 Å². The smallest absolute Gasteiger partial charge is 0.240 e. The Hall–Kier alpha value is -2.34. The van der Waals surface area contributed by atoms with Gasteiger partial charge >= 0.3 is 0 Å². The number of carbonyl (C=O) groups excluding carboxylic acids is 1. The lowest BCUT2D eigenvalue weighted by molar-refractivity contribution is -0.137. The van der Waals surface area contributed by atoms with Crippen LogP contribution in [0.15, 0.2) is 43.0 Å². The van der Waals surface area contributed by atoms with E-state index in [1.54, 1.807) is 0 Å². The number of hydrogen-bond acceptors (Lipinski definition) is 4. The van der Waals surface area contributed by atoms with Crippen LogP contribution in [0.25, 0.3) is 0 Å². The van der Waals surface area contributed by atoms with Gasteiger partial charge in [0.15, 0.2) is 0 Å². The molecule has 1 spiro atoms. The molecule has 28 heavy (non-hydrogen) atoms. The molecule has 2 aromatic rings. The van der Waals surface area contributed by atoms with Crippen LogP contribution < -0.4 is 10.1 Å². The van der Waals surface area contributed by atoms with E-state index in [0.29, 0.717) is 6.61 Å². The molecule has 1 saturated heterocycles. The Kier molecular flexibility index (Phi) is 5.95. The van der Waals surface area contributed by atoms with E-state index in [1.165, 1.54) is 5.56 Å². The topological polar surface area (TPSA) is 59.4 Å². The van der Waals surface area contributed by atoms with E-state index in [2.05, 4.69) is 38.0 Å². The van der Waals surface area contributed by atoms with Crippen LogP contribution >= 0.6 is 0 Å². The Morgan fingerprint density at radius 3 is 2.86 bits per heavy atom. The molecular weight excluding hydrogens is 352 g/mol. The zero-order chi connectivity index (χ0) is 19.2. The Balaban J connectivity index is 1.35. The van der Waals surface area contributed by atoms with Gasteiger partial charge < -0.3 is 14.6 Å². The minimum Gasteiger partial charge on any atom is -0.493 e. The number of aryl methyl sites for hydroxylation is 1. The number of imidazole rings is 1. The van der Waals surface area contributed by atoms with Gasteiger partial charge in [0.1, 0.15) is 11.3 Å². The van der Waals surface area contributed by atoms with E-state index >= 15 is 0 Å². The van der Waals surface area contributed by atoms with Crippen LogP contribution in [0.3, 0.4) is 0 Å². The fraction of sp³-hybridized carbons (Fsp3) is 0.545. The van der Waals surface area contributed by atoms with Crippen LogP contribution in [0, 0.1) is 0 Å². The molecule has 150 valence electrons. The molecule has 2 fully saturated rings. The number of carbonyl (C=O) groups is 1. The summed E-state index contributed by atoms with van der Waals surface area (Å²) in [5.41, 5.74) is 0.869. The lowest BCUT2D eigenvalue weighted by atomic mass is 9.91. The van der Waals surface area contributed by atoms with Crippen molar-refractivity contribution in [1.29, 1.82) is 0 Å². The summed E-state index contributed by atoms with van der Waals surface area (Å²) < 4.78 is 8.22. The van der Waals surface area contributed by atoms with Crippen LogP contribution in [0.4, 0.5) is 0 Å². The van der Waals surface area contributed by atoms with Crippen molar-refractivity contribution in [3.05, 3.63) is 48.5 Å². The van der Waals surface area contributed by atoms with Crippen LogP contribution in [0.1, 0.15) is 44.1 Å². The van der Waals surface area contributed by atoms with Crippen LogP contribution in [-0.2, 0) is 17.9 Å². The first kappa shape index (κ1) is 19.0. The van der Waals surface area contributed by atoms with Gasteiger partial charge in [-0.15, -0.1) is 0 Å². The molecule has 0 unspecified atom stereocenters. The van der Waals surface area contributed by atoms with Crippen molar-refractivity contribution >= 4 is 5.91 Å². The van der Waals surface area contributed by atoms with Gasteiger partial charge in [0.2, 0.25) is 5.91 Å². The number of nitrogens with zero attached hydrogens (tertiary/aromatic N) is 3. The van der Waals surface area contributed by atoms with Crippen molar-refractivity contribution in [2.45, 2.75) is 57.2 Å². The van der Waals surface area contributed by atoms with Crippen molar-refractivity contribution in [1.82, 2.24) is 19.8 Å². The molecule has 0 atom stereocenters. The first-order valence-electron chi connectivity index (χ1n) is 10.5. The van der Waals surface area contributed by atoms with Crippen LogP contribution in [0.2, 0.25) is 0 Å². The standard InChI is InChI=1S/C22H30N4O2/c27-21-22(9-3-4-10-22)26(15-12-24-21)17-19-7-1-2-8-20(19)28-16-6-5-13-25-14-11-23-18-25/h1-2,7-8,11,14,18H,3-6,9-10,12-13,15-17H2,(H,24,27).